The molecule has 0 amide bonds. The first-order valence-corrected chi connectivity index (χ1v) is 6.40. The molecule has 1 aliphatic carbocycles. The number of benzene rings is 1. The highest BCUT2D eigenvalue weighted by Gasteiger charge is 2.23. The minimum Gasteiger partial charge on any atom is -0.493 e. The Morgan fingerprint density at radius 2 is 2.16 bits per heavy atom. The van der Waals surface area contributed by atoms with Crippen molar-refractivity contribution in [3.63, 3.8) is 0 Å². The average molecular weight is 267 g/mol. The number of hydrogen-bond acceptors (Lipinski definition) is 4. The fourth-order valence-corrected chi connectivity index (χ4v) is 1.62. The number of ether oxygens (including phenoxy) is 2. The van der Waals surface area contributed by atoms with Crippen molar-refractivity contribution in [1.29, 1.82) is 0 Å². The zero-order valence-corrected chi connectivity index (χ0v) is 11.1. The second-order valence-electron chi connectivity index (χ2n) is 5.07. The van der Waals surface area contributed by atoms with Gasteiger partial charge in [0.25, 0.3) is 0 Å². The first-order chi connectivity index (χ1) is 8.97. The van der Waals surface area contributed by atoms with Crippen molar-refractivity contribution >= 4 is 11.7 Å². The predicted octanol–water partition coefficient (Wildman–Crippen LogP) is 2.76. The largest absolute Gasteiger partial charge is 0.493 e. The predicted molar refractivity (Wildman–Crippen MR) is 69.6 cm³/mol. The second kappa shape index (κ2) is 5.47. The summed E-state index contributed by atoms with van der Waals surface area (Å²) in [6.45, 7) is 3.98. The lowest BCUT2D eigenvalue weighted by Gasteiger charge is -2.12. The van der Waals surface area contributed by atoms with Crippen molar-refractivity contribution < 1.29 is 18.7 Å². The van der Waals surface area contributed by atoms with Crippen LogP contribution in [0.3, 0.4) is 0 Å². The molecule has 2 rings (SSSR count). The molecule has 1 fully saturated rings. The standard InChI is InChI=1S/C14H18FNO3/c1-8(2)19-14(17)11-5-10(6-12(15)13(11)16)18-7-9-3-4-9/h5-6,8-9H,3-4,7,16H2,1-2H3. The summed E-state index contributed by atoms with van der Waals surface area (Å²) < 4.78 is 24.1. The number of nitrogens with two attached hydrogens (primary N) is 1. The molecule has 0 heterocycles. The Balaban J connectivity index is 2.17. The van der Waals surface area contributed by atoms with Gasteiger partial charge in [0.1, 0.15) is 5.75 Å². The van der Waals surface area contributed by atoms with Crippen LogP contribution in [0.2, 0.25) is 0 Å². The van der Waals surface area contributed by atoms with E-state index < -0.39 is 11.8 Å². The van der Waals surface area contributed by atoms with E-state index in [1.54, 1.807) is 13.8 Å². The lowest BCUT2D eigenvalue weighted by atomic mass is 10.1. The molecule has 1 aromatic rings. The van der Waals surface area contributed by atoms with Gasteiger partial charge in [-0.05, 0) is 38.7 Å². The Hall–Kier alpha value is -1.78. The maximum atomic E-state index is 13.7. The second-order valence-corrected chi connectivity index (χ2v) is 5.07. The Morgan fingerprint density at radius 1 is 1.47 bits per heavy atom. The summed E-state index contributed by atoms with van der Waals surface area (Å²) in [5.74, 6) is -0.437. The van der Waals surface area contributed by atoms with Crippen LogP contribution in [0.1, 0.15) is 37.0 Å². The maximum Gasteiger partial charge on any atom is 0.340 e. The Morgan fingerprint density at radius 3 is 2.74 bits per heavy atom. The van der Waals surface area contributed by atoms with Crippen LogP contribution in [-0.2, 0) is 4.74 Å². The minimum absolute atomic E-state index is 0.0134. The third kappa shape index (κ3) is 3.59. The molecule has 0 spiro atoms. The van der Waals surface area contributed by atoms with E-state index >= 15 is 0 Å². The molecule has 0 radical (unpaired) electrons. The summed E-state index contributed by atoms with van der Waals surface area (Å²) in [5, 5.41) is 0. The van der Waals surface area contributed by atoms with Crippen LogP contribution in [-0.4, -0.2) is 18.7 Å². The average Bonchev–Trinajstić information content (AvgIpc) is 3.13. The number of nitrogen functional groups attached to an aromatic ring is 1. The fourth-order valence-electron chi connectivity index (χ4n) is 1.62. The number of esters is 1. The quantitative estimate of drug-likeness (QED) is 0.658. The van der Waals surface area contributed by atoms with E-state index in [9.17, 15) is 9.18 Å². The smallest absolute Gasteiger partial charge is 0.340 e. The highest BCUT2D eigenvalue weighted by atomic mass is 19.1. The third-order valence-corrected chi connectivity index (χ3v) is 2.85. The van der Waals surface area contributed by atoms with Crippen LogP contribution in [0.4, 0.5) is 10.1 Å². The molecule has 0 saturated heterocycles. The number of halogens is 1. The monoisotopic (exact) mass is 267 g/mol. The molecule has 19 heavy (non-hydrogen) atoms. The van der Waals surface area contributed by atoms with Gasteiger partial charge in [0.05, 0.1) is 24.0 Å². The summed E-state index contributed by atoms with van der Waals surface area (Å²) in [4.78, 5) is 11.8. The SMILES string of the molecule is CC(C)OC(=O)c1cc(OCC2CC2)cc(F)c1N. The van der Waals surface area contributed by atoms with E-state index in [0.717, 1.165) is 12.8 Å². The summed E-state index contributed by atoms with van der Waals surface area (Å²) in [5.41, 5.74) is 5.37. The number of carbonyl (C=O) groups excluding carboxylic acids is 1. The minimum atomic E-state index is -0.663. The van der Waals surface area contributed by atoms with Gasteiger partial charge in [0.15, 0.2) is 5.82 Å². The van der Waals surface area contributed by atoms with Gasteiger partial charge in [-0.3, -0.25) is 0 Å². The van der Waals surface area contributed by atoms with Crippen molar-refractivity contribution in [2.24, 2.45) is 5.92 Å². The van der Waals surface area contributed by atoms with Gasteiger partial charge in [-0.2, -0.15) is 0 Å². The van der Waals surface area contributed by atoms with Gasteiger partial charge < -0.3 is 15.2 Å². The van der Waals surface area contributed by atoms with Gasteiger partial charge >= 0.3 is 5.97 Å². The molecule has 5 heteroatoms. The lowest BCUT2D eigenvalue weighted by Crippen LogP contribution is -2.14. The van der Waals surface area contributed by atoms with E-state index in [2.05, 4.69) is 0 Å². The normalized spacial score (nSPS) is 14.5. The molecule has 104 valence electrons. The van der Waals surface area contributed by atoms with Gasteiger partial charge in [0, 0.05) is 6.07 Å². The topological polar surface area (TPSA) is 61.5 Å². The molecule has 0 aromatic heterocycles. The van der Waals surface area contributed by atoms with Crippen molar-refractivity contribution in [2.75, 3.05) is 12.3 Å². The molecule has 1 aromatic carbocycles. The number of anilines is 1. The zero-order chi connectivity index (χ0) is 14.0. The number of carbonyl (C=O) groups is 1. The lowest BCUT2D eigenvalue weighted by molar-refractivity contribution is 0.0378. The first kappa shape index (κ1) is 13.6. The van der Waals surface area contributed by atoms with E-state index in [0.29, 0.717) is 18.3 Å². The maximum absolute atomic E-state index is 13.7. The van der Waals surface area contributed by atoms with Crippen molar-refractivity contribution in [3.05, 3.63) is 23.5 Å². The molecule has 0 unspecified atom stereocenters. The molecule has 2 N–H and O–H groups in total. The Labute approximate surface area is 111 Å². The van der Waals surface area contributed by atoms with Crippen molar-refractivity contribution in [1.82, 2.24) is 0 Å². The Kier molecular flexibility index (Phi) is 3.93. The summed E-state index contributed by atoms with van der Waals surface area (Å²) in [7, 11) is 0. The first-order valence-electron chi connectivity index (χ1n) is 6.40. The van der Waals surface area contributed by atoms with Gasteiger partial charge in [-0.1, -0.05) is 0 Å². The van der Waals surface area contributed by atoms with Gasteiger partial charge in [0.2, 0.25) is 0 Å². The van der Waals surface area contributed by atoms with E-state index in [1.165, 1.54) is 12.1 Å². The van der Waals surface area contributed by atoms with Gasteiger partial charge in [-0.25, -0.2) is 9.18 Å². The highest BCUT2D eigenvalue weighted by Crippen LogP contribution is 2.31. The summed E-state index contributed by atoms with van der Waals surface area (Å²) in [6, 6.07) is 2.63. The van der Waals surface area contributed by atoms with Gasteiger partial charge in [-0.15, -0.1) is 0 Å². The number of hydrogen-bond donors (Lipinski definition) is 1. The van der Waals surface area contributed by atoms with Crippen LogP contribution in [0.25, 0.3) is 0 Å². The molecular weight excluding hydrogens is 249 g/mol. The molecular formula is C14H18FNO3. The van der Waals surface area contributed by atoms with E-state index in [4.69, 9.17) is 15.2 Å². The molecule has 0 bridgehead atoms. The number of rotatable bonds is 5. The van der Waals surface area contributed by atoms with Crippen LogP contribution in [0, 0.1) is 11.7 Å². The van der Waals surface area contributed by atoms with Crippen molar-refractivity contribution in [3.8, 4) is 5.75 Å². The summed E-state index contributed by atoms with van der Waals surface area (Å²) in [6.07, 6.45) is 1.99. The molecule has 1 saturated carbocycles. The van der Waals surface area contributed by atoms with E-state index in [1.807, 2.05) is 0 Å². The van der Waals surface area contributed by atoms with Crippen LogP contribution in [0.15, 0.2) is 12.1 Å². The molecule has 1 aliphatic rings. The fraction of sp³-hybridized carbons (Fsp3) is 0.500. The zero-order valence-electron chi connectivity index (χ0n) is 11.1. The third-order valence-electron chi connectivity index (χ3n) is 2.85. The molecule has 0 atom stereocenters. The van der Waals surface area contributed by atoms with Crippen molar-refractivity contribution in [2.45, 2.75) is 32.8 Å². The van der Waals surface area contributed by atoms with Crippen LogP contribution >= 0.6 is 0 Å². The Bertz CT molecular complexity index is 484. The highest BCUT2D eigenvalue weighted by molar-refractivity contribution is 5.95. The van der Waals surface area contributed by atoms with Crippen LogP contribution in [0.5, 0.6) is 5.75 Å². The molecule has 4 nitrogen and oxygen atoms in total. The summed E-state index contributed by atoms with van der Waals surface area (Å²) >= 11 is 0. The molecule has 0 aliphatic heterocycles. The van der Waals surface area contributed by atoms with Crippen LogP contribution < -0.4 is 10.5 Å². The van der Waals surface area contributed by atoms with E-state index in [-0.39, 0.29) is 17.4 Å².